The fourth-order valence-electron chi connectivity index (χ4n) is 4.26. The Labute approximate surface area is 151 Å². The van der Waals surface area contributed by atoms with Crippen LogP contribution in [-0.2, 0) is 11.2 Å². The lowest BCUT2D eigenvalue weighted by atomic mass is 9.71. The highest BCUT2D eigenvalue weighted by molar-refractivity contribution is 5.76. The normalized spacial score (nSPS) is 25.2. The Bertz CT molecular complexity index is 522. The predicted molar refractivity (Wildman–Crippen MR) is 100 cm³/mol. The molecular formula is C21H32N2O2. The largest absolute Gasteiger partial charge is 0.393 e. The third-order valence-corrected chi connectivity index (χ3v) is 5.84. The van der Waals surface area contributed by atoms with Crippen LogP contribution in [-0.4, -0.2) is 36.2 Å². The Balaban J connectivity index is 1.41. The zero-order valence-corrected chi connectivity index (χ0v) is 15.1. The molecule has 1 aromatic rings. The summed E-state index contributed by atoms with van der Waals surface area (Å²) in [5.74, 6) is 1.22. The second-order valence-electron chi connectivity index (χ2n) is 7.76. The average molecular weight is 344 g/mol. The summed E-state index contributed by atoms with van der Waals surface area (Å²) in [5.41, 5.74) is 1.35. The molecule has 1 aliphatic carbocycles. The topological polar surface area (TPSA) is 61.4 Å². The molecule has 1 saturated heterocycles. The molecule has 25 heavy (non-hydrogen) atoms. The highest BCUT2D eigenvalue weighted by Crippen LogP contribution is 2.35. The van der Waals surface area contributed by atoms with Gasteiger partial charge in [-0.1, -0.05) is 30.3 Å². The van der Waals surface area contributed by atoms with E-state index in [1.807, 2.05) is 6.07 Å². The molecule has 4 heteroatoms. The van der Waals surface area contributed by atoms with Gasteiger partial charge in [0.05, 0.1) is 6.10 Å². The van der Waals surface area contributed by atoms with Crippen LogP contribution in [0.4, 0.5) is 0 Å². The number of aliphatic hydroxyl groups excluding tert-OH is 1. The van der Waals surface area contributed by atoms with Crippen molar-refractivity contribution in [3.8, 4) is 0 Å². The lowest BCUT2D eigenvalue weighted by Crippen LogP contribution is -2.52. The van der Waals surface area contributed by atoms with E-state index in [1.165, 1.54) is 5.56 Å². The number of aliphatic hydroxyl groups is 1. The van der Waals surface area contributed by atoms with Gasteiger partial charge in [-0.2, -0.15) is 0 Å². The third-order valence-electron chi connectivity index (χ3n) is 5.84. The molecule has 1 aliphatic heterocycles. The first-order valence-corrected chi connectivity index (χ1v) is 9.94. The highest BCUT2D eigenvalue weighted by Gasteiger charge is 2.38. The minimum Gasteiger partial charge on any atom is -0.393 e. The zero-order chi connectivity index (χ0) is 17.5. The van der Waals surface area contributed by atoms with Crippen molar-refractivity contribution < 1.29 is 9.90 Å². The molecule has 1 atom stereocenters. The van der Waals surface area contributed by atoms with E-state index in [9.17, 15) is 9.90 Å². The smallest absolute Gasteiger partial charge is 0.220 e. The van der Waals surface area contributed by atoms with Crippen LogP contribution >= 0.6 is 0 Å². The number of piperidine rings is 1. The van der Waals surface area contributed by atoms with Gasteiger partial charge in [-0.25, -0.2) is 0 Å². The van der Waals surface area contributed by atoms with Crippen LogP contribution in [0.1, 0.15) is 50.5 Å². The maximum atomic E-state index is 12.4. The predicted octanol–water partition coefficient (Wildman–Crippen LogP) is 2.65. The monoisotopic (exact) mass is 344 g/mol. The maximum absolute atomic E-state index is 12.4. The average Bonchev–Trinajstić information content (AvgIpc) is 2.63. The molecule has 3 N–H and O–H groups in total. The van der Waals surface area contributed by atoms with E-state index in [0.717, 1.165) is 58.0 Å². The van der Waals surface area contributed by atoms with E-state index in [1.54, 1.807) is 0 Å². The lowest BCUT2D eigenvalue weighted by Gasteiger charge is -2.43. The molecule has 138 valence electrons. The quantitative estimate of drug-likeness (QED) is 0.636. The van der Waals surface area contributed by atoms with Crippen molar-refractivity contribution in [3.63, 3.8) is 0 Å². The van der Waals surface area contributed by atoms with Gasteiger partial charge in [0.25, 0.3) is 0 Å². The van der Waals surface area contributed by atoms with Gasteiger partial charge in [0.2, 0.25) is 5.91 Å². The summed E-state index contributed by atoms with van der Waals surface area (Å²) in [6, 6.07) is 10.7. The Morgan fingerprint density at radius 3 is 2.52 bits per heavy atom. The van der Waals surface area contributed by atoms with Crippen LogP contribution in [0.15, 0.2) is 30.3 Å². The number of hydrogen-bond acceptors (Lipinski definition) is 3. The van der Waals surface area contributed by atoms with Crippen molar-refractivity contribution in [1.29, 1.82) is 0 Å². The van der Waals surface area contributed by atoms with Crippen LogP contribution in [0.2, 0.25) is 0 Å². The number of unbranched alkanes of at least 4 members (excludes halogenated alkanes) is 1. The molecule has 0 aromatic heterocycles. The standard InChI is InChI=1S/C21H32N2O2/c24-19-14-18(15-19)21(17-10-12-22-13-11-17)23-20(25)9-5-4-8-16-6-2-1-3-7-16/h1-3,6-7,17-19,21-22,24H,4-5,8-15H2,(H,23,25)/t18?,19?,21-/m1/s1. The fraction of sp³-hybridized carbons (Fsp3) is 0.667. The first-order valence-electron chi connectivity index (χ1n) is 9.94. The molecule has 4 nitrogen and oxygen atoms in total. The fourth-order valence-corrected chi connectivity index (χ4v) is 4.26. The molecule has 2 aliphatic rings. The third kappa shape index (κ3) is 5.55. The van der Waals surface area contributed by atoms with Crippen LogP contribution in [0.3, 0.4) is 0 Å². The number of carbonyl (C=O) groups is 1. The Morgan fingerprint density at radius 1 is 1.12 bits per heavy atom. The van der Waals surface area contributed by atoms with Crippen LogP contribution in [0.25, 0.3) is 0 Å². The molecule has 0 unspecified atom stereocenters. The number of amides is 1. The molecule has 1 heterocycles. The van der Waals surface area contributed by atoms with Gasteiger partial charge >= 0.3 is 0 Å². The Hall–Kier alpha value is -1.39. The SMILES string of the molecule is O=C(CCCCc1ccccc1)N[C@H](C1CCNCC1)C1CC(O)C1. The van der Waals surface area contributed by atoms with Gasteiger partial charge in [-0.15, -0.1) is 0 Å². The number of aryl methyl sites for hydroxylation is 1. The minimum absolute atomic E-state index is 0.156. The van der Waals surface area contributed by atoms with Gasteiger partial charge < -0.3 is 15.7 Å². The van der Waals surface area contributed by atoms with Crippen LogP contribution in [0.5, 0.6) is 0 Å². The van der Waals surface area contributed by atoms with Gasteiger partial charge in [0, 0.05) is 12.5 Å². The minimum atomic E-state index is -0.156. The summed E-state index contributed by atoms with van der Waals surface area (Å²) in [6.45, 7) is 2.09. The molecule has 1 amide bonds. The van der Waals surface area contributed by atoms with Gasteiger partial charge in [-0.05, 0) is 75.4 Å². The first-order chi connectivity index (χ1) is 12.2. The summed E-state index contributed by atoms with van der Waals surface area (Å²) < 4.78 is 0. The van der Waals surface area contributed by atoms with E-state index < -0.39 is 0 Å². The van der Waals surface area contributed by atoms with Gasteiger partial charge in [-0.3, -0.25) is 4.79 Å². The van der Waals surface area contributed by atoms with Crippen molar-refractivity contribution in [2.24, 2.45) is 11.8 Å². The number of rotatable bonds is 8. The van der Waals surface area contributed by atoms with Crippen molar-refractivity contribution in [1.82, 2.24) is 10.6 Å². The van der Waals surface area contributed by atoms with Crippen molar-refractivity contribution >= 4 is 5.91 Å². The summed E-state index contributed by atoms with van der Waals surface area (Å²) >= 11 is 0. The molecule has 1 saturated carbocycles. The molecule has 3 rings (SSSR count). The van der Waals surface area contributed by atoms with Crippen LogP contribution in [0, 0.1) is 11.8 Å². The number of carbonyl (C=O) groups excluding carboxylic acids is 1. The van der Waals surface area contributed by atoms with E-state index in [0.29, 0.717) is 18.3 Å². The van der Waals surface area contributed by atoms with Crippen molar-refractivity contribution in [2.45, 2.75) is 63.5 Å². The second kappa shape index (κ2) is 9.35. The van der Waals surface area contributed by atoms with Crippen LogP contribution < -0.4 is 10.6 Å². The first kappa shape index (κ1) is 18.4. The summed E-state index contributed by atoms with van der Waals surface area (Å²) in [4.78, 5) is 12.4. The number of hydrogen-bond donors (Lipinski definition) is 3. The number of nitrogens with one attached hydrogen (secondary N) is 2. The molecule has 2 fully saturated rings. The lowest BCUT2D eigenvalue weighted by molar-refractivity contribution is -0.123. The molecule has 0 bridgehead atoms. The summed E-state index contributed by atoms with van der Waals surface area (Å²) in [7, 11) is 0. The number of benzene rings is 1. The molecule has 0 spiro atoms. The van der Waals surface area contributed by atoms with E-state index in [4.69, 9.17) is 0 Å². The molecular weight excluding hydrogens is 312 g/mol. The Morgan fingerprint density at radius 2 is 1.84 bits per heavy atom. The van der Waals surface area contributed by atoms with E-state index in [-0.39, 0.29) is 18.1 Å². The Kier molecular flexibility index (Phi) is 6.88. The van der Waals surface area contributed by atoms with E-state index >= 15 is 0 Å². The van der Waals surface area contributed by atoms with Gasteiger partial charge in [0.15, 0.2) is 0 Å². The van der Waals surface area contributed by atoms with E-state index in [2.05, 4.69) is 34.9 Å². The second-order valence-corrected chi connectivity index (χ2v) is 7.76. The van der Waals surface area contributed by atoms with Gasteiger partial charge in [0.1, 0.15) is 0 Å². The highest BCUT2D eigenvalue weighted by atomic mass is 16.3. The molecule has 0 radical (unpaired) electrons. The summed E-state index contributed by atoms with van der Waals surface area (Å²) in [5, 5.41) is 16.4. The summed E-state index contributed by atoms with van der Waals surface area (Å²) in [6.07, 6.45) is 7.45. The zero-order valence-electron chi connectivity index (χ0n) is 15.1. The molecule has 1 aromatic carbocycles. The maximum Gasteiger partial charge on any atom is 0.220 e. The van der Waals surface area contributed by atoms with Crippen molar-refractivity contribution in [2.75, 3.05) is 13.1 Å². The van der Waals surface area contributed by atoms with Crippen molar-refractivity contribution in [3.05, 3.63) is 35.9 Å².